The Bertz CT molecular complexity index is 532. The molecule has 6 heteroatoms. The molecule has 2 rings (SSSR count). The number of hydrogen-bond donors (Lipinski definition) is 1. The fourth-order valence-electron chi connectivity index (χ4n) is 2.45. The zero-order valence-corrected chi connectivity index (χ0v) is 12.3. The summed E-state index contributed by atoms with van der Waals surface area (Å²) in [6.07, 6.45) is 4.07. The number of aromatic nitrogens is 1. The second kappa shape index (κ2) is 6.92. The number of thioether (sulfide) groups is 1. The molecule has 0 aliphatic carbocycles. The van der Waals surface area contributed by atoms with Gasteiger partial charge in [-0.15, -0.1) is 0 Å². The Kier molecular flexibility index (Phi) is 5.23. The zero-order chi connectivity index (χ0) is 14.5. The molecule has 0 aromatic carbocycles. The van der Waals surface area contributed by atoms with E-state index in [0.29, 0.717) is 18.3 Å². The van der Waals surface area contributed by atoms with Gasteiger partial charge in [0, 0.05) is 24.5 Å². The summed E-state index contributed by atoms with van der Waals surface area (Å²) < 4.78 is 13.2. The summed E-state index contributed by atoms with van der Waals surface area (Å²) in [4.78, 5) is 28.0. The first-order valence-corrected chi connectivity index (χ1v) is 7.95. The van der Waals surface area contributed by atoms with E-state index < -0.39 is 11.4 Å². The number of carbonyl (C=O) groups excluding carboxylic acids is 1. The average molecular weight is 298 g/mol. The molecule has 1 saturated heterocycles. The Balaban J connectivity index is 2.18. The van der Waals surface area contributed by atoms with Crippen LogP contribution in [-0.2, 0) is 0 Å². The van der Waals surface area contributed by atoms with Crippen molar-refractivity contribution in [2.24, 2.45) is 0 Å². The number of nitrogens with zero attached hydrogens (tertiary/aromatic N) is 1. The number of amides is 1. The highest BCUT2D eigenvalue weighted by molar-refractivity contribution is 7.99. The van der Waals surface area contributed by atoms with E-state index in [4.69, 9.17) is 0 Å². The topological polar surface area (TPSA) is 53.2 Å². The minimum Gasteiger partial charge on any atom is -0.337 e. The number of nitrogens with one attached hydrogen (secondary N) is 1. The Hall–Kier alpha value is -1.30. The van der Waals surface area contributed by atoms with Gasteiger partial charge in [0.05, 0.1) is 0 Å². The maximum atomic E-state index is 13.2. The second-order valence-electron chi connectivity index (χ2n) is 4.88. The van der Waals surface area contributed by atoms with Crippen LogP contribution >= 0.6 is 11.8 Å². The molecule has 1 aromatic heterocycles. The molecule has 1 N–H and O–H groups in total. The molecule has 0 radical (unpaired) electrons. The second-order valence-corrected chi connectivity index (χ2v) is 6.46. The molecule has 1 aromatic rings. The number of hydrogen-bond acceptors (Lipinski definition) is 3. The minimum atomic E-state index is -0.595. The van der Waals surface area contributed by atoms with Crippen LogP contribution in [-0.4, -0.2) is 39.9 Å². The van der Waals surface area contributed by atoms with Gasteiger partial charge in [0.2, 0.25) is 0 Å². The van der Waals surface area contributed by atoms with Gasteiger partial charge in [-0.05, 0) is 24.7 Å². The lowest BCUT2D eigenvalue weighted by Gasteiger charge is -2.23. The zero-order valence-electron chi connectivity index (χ0n) is 11.5. The molecule has 0 spiro atoms. The van der Waals surface area contributed by atoms with Crippen molar-refractivity contribution < 1.29 is 9.18 Å². The number of pyridine rings is 1. The maximum absolute atomic E-state index is 13.2. The molecule has 0 bridgehead atoms. The van der Waals surface area contributed by atoms with Crippen LogP contribution in [0.4, 0.5) is 4.39 Å². The van der Waals surface area contributed by atoms with E-state index in [0.717, 1.165) is 37.3 Å². The van der Waals surface area contributed by atoms with Crippen molar-refractivity contribution in [1.82, 2.24) is 9.88 Å². The summed E-state index contributed by atoms with van der Waals surface area (Å²) in [6, 6.07) is 1.02. The summed E-state index contributed by atoms with van der Waals surface area (Å²) in [5, 5.41) is 0.402. The number of H-pyrrole nitrogens is 1. The molecular weight excluding hydrogens is 279 g/mol. The lowest BCUT2D eigenvalue weighted by Crippen LogP contribution is -2.38. The van der Waals surface area contributed by atoms with E-state index in [1.165, 1.54) is 0 Å². The summed E-state index contributed by atoms with van der Waals surface area (Å²) in [7, 11) is 0. The predicted octanol–water partition coefficient (Wildman–Crippen LogP) is 2.26. The van der Waals surface area contributed by atoms with Crippen LogP contribution in [0, 0.1) is 5.82 Å². The fourth-order valence-corrected chi connectivity index (χ4v) is 3.54. The largest absolute Gasteiger partial charge is 0.337 e. The van der Waals surface area contributed by atoms with E-state index in [1.807, 2.05) is 11.8 Å². The van der Waals surface area contributed by atoms with Crippen molar-refractivity contribution in [2.75, 3.05) is 18.8 Å². The van der Waals surface area contributed by atoms with E-state index in [-0.39, 0.29) is 11.5 Å². The highest BCUT2D eigenvalue weighted by Gasteiger charge is 2.24. The molecule has 1 fully saturated rings. The highest BCUT2D eigenvalue weighted by Crippen LogP contribution is 2.22. The first-order chi connectivity index (χ1) is 9.61. The van der Waals surface area contributed by atoms with Crippen molar-refractivity contribution in [1.29, 1.82) is 0 Å². The highest BCUT2D eigenvalue weighted by atomic mass is 32.2. The van der Waals surface area contributed by atoms with Crippen molar-refractivity contribution in [3.8, 4) is 0 Å². The molecule has 1 unspecified atom stereocenters. The van der Waals surface area contributed by atoms with Gasteiger partial charge in [0.25, 0.3) is 11.5 Å². The Labute approximate surface area is 121 Å². The summed E-state index contributed by atoms with van der Waals surface area (Å²) in [5.41, 5.74) is -0.632. The molecule has 1 amide bonds. The molecule has 110 valence electrons. The molecule has 4 nitrogen and oxygen atoms in total. The number of halogens is 1. The number of rotatable bonds is 3. The first kappa shape index (κ1) is 15.1. The third kappa shape index (κ3) is 3.62. The fraction of sp³-hybridized carbons (Fsp3) is 0.571. The van der Waals surface area contributed by atoms with Crippen molar-refractivity contribution in [3.05, 3.63) is 34.0 Å². The van der Waals surface area contributed by atoms with Gasteiger partial charge in [-0.1, -0.05) is 13.3 Å². The quantitative estimate of drug-likeness (QED) is 0.931. The smallest absolute Gasteiger partial charge is 0.260 e. The summed E-state index contributed by atoms with van der Waals surface area (Å²) in [5.74, 6) is 0.0457. The third-order valence-electron chi connectivity index (χ3n) is 3.42. The van der Waals surface area contributed by atoms with E-state index in [9.17, 15) is 14.0 Å². The van der Waals surface area contributed by atoms with Gasteiger partial charge in [0.1, 0.15) is 11.4 Å². The molecule has 1 aliphatic heterocycles. The lowest BCUT2D eigenvalue weighted by atomic mass is 10.2. The molecule has 0 saturated carbocycles. The number of carbonyl (C=O) groups is 1. The SMILES string of the molecule is CCSC1CCCCN(C(=O)c2cc(F)c[nH]c2=O)C1. The van der Waals surface area contributed by atoms with Gasteiger partial charge in [-0.3, -0.25) is 9.59 Å². The Morgan fingerprint density at radius 2 is 2.35 bits per heavy atom. The van der Waals surface area contributed by atoms with E-state index in [2.05, 4.69) is 11.9 Å². The van der Waals surface area contributed by atoms with Crippen LogP contribution in [0.3, 0.4) is 0 Å². The molecule has 1 aliphatic rings. The van der Waals surface area contributed by atoms with Crippen molar-refractivity contribution >= 4 is 17.7 Å². The van der Waals surface area contributed by atoms with Gasteiger partial charge >= 0.3 is 0 Å². The van der Waals surface area contributed by atoms with Gasteiger partial charge < -0.3 is 9.88 Å². The van der Waals surface area contributed by atoms with Crippen molar-refractivity contribution in [3.63, 3.8) is 0 Å². The normalized spacial score (nSPS) is 19.7. The van der Waals surface area contributed by atoms with Crippen molar-refractivity contribution in [2.45, 2.75) is 31.4 Å². The summed E-state index contributed by atoms with van der Waals surface area (Å²) in [6.45, 7) is 3.36. The Morgan fingerprint density at radius 3 is 3.10 bits per heavy atom. The minimum absolute atomic E-state index is 0.104. The summed E-state index contributed by atoms with van der Waals surface area (Å²) >= 11 is 1.84. The van der Waals surface area contributed by atoms with Crippen LogP contribution in [0.2, 0.25) is 0 Å². The van der Waals surface area contributed by atoms with E-state index in [1.54, 1.807) is 4.90 Å². The van der Waals surface area contributed by atoms with Crippen LogP contribution in [0.25, 0.3) is 0 Å². The van der Waals surface area contributed by atoms with Gasteiger partial charge in [0.15, 0.2) is 0 Å². The van der Waals surface area contributed by atoms with Crippen LogP contribution in [0.15, 0.2) is 17.1 Å². The first-order valence-electron chi connectivity index (χ1n) is 6.91. The maximum Gasteiger partial charge on any atom is 0.260 e. The van der Waals surface area contributed by atoms with E-state index >= 15 is 0 Å². The molecule has 2 heterocycles. The van der Waals surface area contributed by atoms with Gasteiger partial charge in [-0.25, -0.2) is 4.39 Å². The van der Waals surface area contributed by atoms with Crippen LogP contribution in [0.5, 0.6) is 0 Å². The Morgan fingerprint density at radius 1 is 1.55 bits per heavy atom. The molecule has 20 heavy (non-hydrogen) atoms. The van der Waals surface area contributed by atoms with Gasteiger partial charge in [-0.2, -0.15) is 11.8 Å². The molecule has 1 atom stereocenters. The lowest BCUT2D eigenvalue weighted by molar-refractivity contribution is 0.0761. The monoisotopic (exact) mass is 298 g/mol. The standard InChI is InChI=1S/C14H19FN2O2S/c1-2-20-11-5-3-4-6-17(9-11)14(19)12-7-10(15)8-16-13(12)18/h7-8,11H,2-6,9H2,1H3,(H,16,18). The third-order valence-corrected chi connectivity index (χ3v) is 4.61. The predicted molar refractivity (Wildman–Crippen MR) is 78.7 cm³/mol. The number of likely N-dealkylation sites (tertiary alicyclic amines) is 1. The molecular formula is C14H19FN2O2S. The average Bonchev–Trinajstić information content (AvgIpc) is 2.67. The van der Waals surface area contributed by atoms with Crippen LogP contribution in [0.1, 0.15) is 36.5 Å². The number of aromatic amines is 1. The van der Waals surface area contributed by atoms with Crippen LogP contribution < -0.4 is 5.56 Å².